The predicted molar refractivity (Wildman–Crippen MR) is 98.5 cm³/mol. The molecule has 5 aliphatic heterocycles. The number of carbonyl (C=O) groups excluding carboxylic acids is 4. The molecule has 5 heterocycles. The third-order valence-corrected chi connectivity index (χ3v) is 9.42. The van der Waals surface area contributed by atoms with Crippen LogP contribution in [0.2, 0.25) is 0 Å². The van der Waals surface area contributed by atoms with Gasteiger partial charge in [0.15, 0.2) is 0 Å². The fourth-order valence-electron chi connectivity index (χ4n) is 4.78. The van der Waals surface area contributed by atoms with E-state index in [1.54, 1.807) is 48.5 Å². The van der Waals surface area contributed by atoms with Crippen LogP contribution in [0, 0.1) is 0 Å². The third kappa shape index (κ3) is 1.78. The molecule has 142 valence electrons. The van der Waals surface area contributed by atoms with Gasteiger partial charge < -0.3 is 0 Å². The molecule has 2 aromatic carbocycles. The Hall–Kier alpha value is -2.84. The normalized spacial score (nSPS) is 35.6. The van der Waals surface area contributed by atoms with E-state index in [9.17, 15) is 19.2 Å². The first-order chi connectivity index (χ1) is 14.1. The molecule has 3 saturated heterocycles. The molecular formula is C20H12N4O4Se. The number of imide groups is 2. The van der Waals surface area contributed by atoms with Crippen molar-refractivity contribution in [1.29, 1.82) is 0 Å². The second-order valence-corrected chi connectivity index (χ2v) is 10.2. The molecule has 0 spiro atoms. The molecule has 9 heteroatoms. The van der Waals surface area contributed by atoms with Crippen LogP contribution < -0.4 is 0 Å². The van der Waals surface area contributed by atoms with Gasteiger partial charge in [-0.25, -0.2) is 0 Å². The minimum atomic E-state index is -0.291. The summed E-state index contributed by atoms with van der Waals surface area (Å²) in [6, 6.07) is 13.7. The minimum absolute atomic E-state index is 0.00785. The van der Waals surface area contributed by atoms with Gasteiger partial charge in [-0.2, -0.15) is 0 Å². The zero-order chi connectivity index (χ0) is 19.6. The average Bonchev–Trinajstić information content (AvgIpc) is 3.52. The first-order valence-electron chi connectivity index (χ1n) is 9.27. The van der Waals surface area contributed by atoms with Gasteiger partial charge in [-0.3, -0.25) is 0 Å². The van der Waals surface area contributed by atoms with Gasteiger partial charge in [-0.15, -0.1) is 0 Å². The maximum atomic E-state index is 12.8. The summed E-state index contributed by atoms with van der Waals surface area (Å²) in [5, 5.41) is 6.22. The third-order valence-electron chi connectivity index (χ3n) is 6.17. The van der Waals surface area contributed by atoms with Crippen LogP contribution in [0.4, 0.5) is 0 Å². The van der Waals surface area contributed by atoms with E-state index >= 15 is 0 Å². The van der Waals surface area contributed by atoms with Crippen LogP contribution in [0.25, 0.3) is 0 Å². The summed E-state index contributed by atoms with van der Waals surface area (Å²) >= 11 is 0.0694. The Morgan fingerprint density at radius 2 is 0.862 bits per heavy atom. The van der Waals surface area contributed by atoms with E-state index in [2.05, 4.69) is 0 Å². The van der Waals surface area contributed by atoms with Crippen LogP contribution in [-0.4, -0.2) is 80.6 Å². The molecular weight excluding hydrogens is 439 g/mol. The topological polar surface area (TPSA) is 80.8 Å². The molecule has 2 aromatic rings. The van der Waals surface area contributed by atoms with Gasteiger partial charge in [-0.1, -0.05) is 0 Å². The summed E-state index contributed by atoms with van der Waals surface area (Å²) < 4.78 is 0. The number of hydrogen-bond acceptors (Lipinski definition) is 6. The molecule has 0 saturated carbocycles. The molecule has 0 aromatic heterocycles. The first-order valence-corrected chi connectivity index (χ1v) is 11.2. The Morgan fingerprint density at radius 1 is 0.552 bits per heavy atom. The molecule has 6 atom stereocenters. The number of fused-ring (bicyclic) bond motifs is 5. The van der Waals surface area contributed by atoms with Crippen molar-refractivity contribution >= 4 is 38.6 Å². The molecule has 29 heavy (non-hydrogen) atoms. The van der Waals surface area contributed by atoms with Gasteiger partial charge in [0.2, 0.25) is 0 Å². The van der Waals surface area contributed by atoms with Gasteiger partial charge in [0.1, 0.15) is 0 Å². The van der Waals surface area contributed by atoms with E-state index in [1.807, 2.05) is 10.0 Å². The standard InChI is InChI=1S/C20H12N4O4Se/c25-15-9-5-1-2-6-10(9)16(26)23(15)21-13-14-20(29-19(13)21)22(14)24-17(27)11-7-3-4-8-12(11)18(24)28/h1-8,13-14,19-20H. The zero-order valence-electron chi connectivity index (χ0n) is 14.8. The van der Waals surface area contributed by atoms with Gasteiger partial charge in [0.05, 0.1) is 0 Å². The molecule has 7 rings (SSSR count). The van der Waals surface area contributed by atoms with Crippen molar-refractivity contribution in [3.05, 3.63) is 70.8 Å². The van der Waals surface area contributed by atoms with Crippen molar-refractivity contribution in [3.63, 3.8) is 0 Å². The van der Waals surface area contributed by atoms with E-state index in [0.717, 1.165) is 0 Å². The molecule has 0 radical (unpaired) electrons. The van der Waals surface area contributed by atoms with Gasteiger partial charge in [0.25, 0.3) is 0 Å². The van der Waals surface area contributed by atoms with Crippen LogP contribution in [0.3, 0.4) is 0 Å². The van der Waals surface area contributed by atoms with Gasteiger partial charge in [-0.05, 0) is 0 Å². The Morgan fingerprint density at radius 3 is 1.17 bits per heavy atom. The number of benzene rings is 2. The number of nitrogens with zero attached hydrogens (tertiary/aromatic N) is 4. The van der Waals surface area contributed by atoms with Gasteiger partial charge >= 0.3 is 171 Å². The molecule has 3 fully saturated rings. The van der Waals surface area contributed by atoms with E-state index in [1.165, 1.54) is 10.0 Å². The monoisotopic (exact) mass is 452 g/mol. The summed E-state index contributed by atoms with van der Waals surface area (Å²) in [4.78, 5) is 51.4. The average molecular weight is 451 g/mol. The molecule has 0 bridgehead atoms. The Bertz CT molecular complexity index is 1040. The van der Waals surface area contributed by atoms with Crippen LogP contribution in [0.5, 0.6) is 0 Å². The summed E-state index contributed by atoms with van der Waals surface area (Å²) in [5.74, 6) is -1.17. The van der Waals surface area contributed by atoms with E-state index < -0.39 is 0 Å². The Kier molecular flexibility index (Phi) is 2.76. The van der Waals surface area contributed by atoms with E-state index in [0.29, 0.717) is 22.3 Å². The number of hydrogen-bond donors (Lipinski definition) is 0. The first kappa shape index (κ1) is 16.0. The second kappa shape index (κ2) is 5.01. The fraction of sp³-hybridized carbons (Fsp3) is 0.200. The molecule has 8 nitrogen and oxygen atoms in total. The summed E-state index contributed by atoms with van der Waals surface area (Å²) in [5.41, 5.74) is 1.72. The van der Waals surface area contributed by atoms with Crippen LogP contribution in [-0.2, 0) is 0 Å². The van der Waals surface area contributed by atoms with E-state index in [4.69, 9.17) is 0 Å². The van der Waals surface area contributed by atoms with Crippen LogP contribution >= 0.6 is 0 Å². The molecule has 5 aliphatic rings. The van der Waals surface area contributed by atoms with E-state index in [-0.39, 0.29) is 60.5 Å². The summed E-state index contributed by atoms with van der Waals surface area (Å²) in [6.45, 7) is 0. The van der Waals surface area contributed by atoms with Crippen molar-refractivity contribution in [1.82, 2.24) is 20.0 Å². The SMILES string of the molecule is O=C1c2ccccc2C(=O)N1N1C2[Se]C3C(C21)N3N1C(=O)c2ccccc2C1=O. The number of rotatable bonds is 2. The Balaban J connectivity index is 1.15. The maximum absolute atomic E-state index is 12.8. The molecule has 6 unspecified atom stereocenters. The predicted octanol–water partition coefficient (Wildman–Crippen LogP) is 0.147. The Labute approximate surface area is 170 Å². The van der Waals surface area contributed by atoms with Crippen molar-refractivity contribution < 1.29 is 19.2 Å². The summed E-state index contributed by atoms with van der Waals surface area (Å²) in [6.07, 6.45) is 0. The van der Waals surface area contributed by atoms with Crippen molar-refractivity contribution in [2.75, 3.05) is 0 Å². The van der Waals surface area contributed by atoms with Crippen LogP contribution in [0.1, 0.15) is 41.4 Å². The quantitative estimate of drug-likeness (QED) is 0.368. The van der Waals surface area contributed by atoms with Crippen molar-refractivity contribution in [3.8, 4) is 0 Å². The van der Waals surface area contributed by atoms with Crippen LogP contribution in [0.15, 0.2) is 48.5 Å². The number of hydrazine groups is 2. The number of amides is 4. The fourth-order valence-corrected chi connectivity index (χ4v) is 8.46. The molecule has 0 aliphatic carbocycles. The molecule has 4 amide bonds. The van der Waals surface area contributed by atoms with Crippen molar-refractivity contribution in [2.45, 2.75) is 22.0 Å². The second-order valence-electron chi connectivity index (χ2n) is 7.59. The summed E-state index contributed by atoms with van der Waals surface area (Å²) in [7, 11) is 0. The molecule has 0 N–H and O–H groups in total. The van der Waals surface area contributed by atoms with Gasteiger partial charge in [0, 0.05) is 0 Å². The van der Waals surface area contributed by atoms with Crippen molar-refractivity contribution in [2.24, 2.45) is 0 Å². The number of carbonyl (C=O) groups is 4. The zero-order valence-corrected chi connectivity index (χ0v) is 16.5.